The summed E-state index contributed by atoms with van der Waals surface area (Å²) in [7, 11) is 0. The number of fused-ring (bicyclic) bond motifs is 12. The van der Waals surface area contributed by atoms with Gasteiger partial charge >= 0.3 is 0 Å². The quantitative estimate of drug-likeness (QED) is 0.165. The fraction of sp³-hybridized carbons (Fsp3) is 0.0164. The van der Waals surface area contributed by atoms with Crippen molar-refractivity contribution in [2.45, 2.75) is 5.41 Å². The second kappa shape index (κ2) is 14.6. The molecule has 1 aliphatic heterocycles. The molecule has 0 atom stereocenters. The molecule has 1 spiro atoms. The smallest absolute Gasteiger partial charge is 0.0754 e. The van der Waals surface area contributed by atoms with E-state index < -0.39 is 5.41 Å². The lowest BCUT2D eigenvalue weighted by Gasteiger charge is -2.45. The van der Waals surface area contributed by atoms with E-state index in [4.69, 9.17) is 0 Å². The summed E-state index contributed by atoms with van der Waals surface area (Å²) >= 11 is 1.87. The lowest BCUT2D eigenvalue weighted by atomic mass is 9.64. The molecule has 0 bridgehead atoms. The summed E-state index contributed by atoms with van der Waals surface area (Å²) in [4.78, 5) is 4.82. The summed E-state index contributed by atoms with van der Waals surface area (Å²) in [6.07, 6.45) is 0. The molecule has 1 aromatic heterocycles. The van der Waals surface area contributed by atoms with Crippen LogP contribution in [0.25, 0.3) is 53.6 Å². The first kappa shape index (κ1) is 36.7. The van der Waals surface area contributed by atoms with Crippen LogP contribution in [-0.4, -0.2) is 0 Å². The normalized spacial score (nSPS) is 13.1. The predicted molar refractivity (Wildman–Crippen MR) is 270 cm³/mol. The molecule has 0 unspecified atom stereocenters. The standard InChI is InChI=1S/C61H40N2S/c1-4-17-41(18-5-1)42-31-34-46(35-32-42)62(44-19-6-2-7-20-44)47-36-38-59-51(40-47)50-39-43(33-37-58(50)64-59)48-24-16-28-55-60(48)49-23-10-11-25-52(49)61(55)53-26-12-14-29-56(53)63(45-21-8-3-9-22-45)57-30-15-13-27-54(57)61/h1-40H. The van der Waals surface area contributed by atoms with Crippen LogP contribution in [0.2, 0.25) is 0 Å². The fourth-order valence-corrected chi connectivity index (χ4v) is 11.8. The first-order valence-corrected chi connectivity index (χ1v) is 22.8. The third kappa shape index (κ3) is 5.44. The van der Waals surface area contributed by atoms with Crippen molar-refractivity contribution < 1.29 is 0 Å². The van der Waals surface area contributed by atoms with Crippen LogP contribution in [0.4, 0.5) is 34.1 Å². The van der Waals surface area contributed by atoms with Crippen LogP contribution in [0, 0.1) is 0 Å². The highest BCUT2D eigenvalue weighted by Crippen LogP contribution is 2.64. The first-order chi connectivity index (χ1) is 31.8. The number of nitrogens with zero attached hydrogens (tertiary/aromatic N) is 2. The Balaban J connectivity index is 0.984. The number of para-hydroxylation sites is 4. The van der Waals surface area contributed by atoms with Gasteiger partial charge in [-0.1, -0.05) is 164 Å². The van der Waals surface area contributed by atoms with Crippen molar-refractivity contribution >= 4 is 65.6 Å². The molecule has 13 rings (SSSR count). The van der Waals surface area contributed by atoms with Crippen molar-refractivity contribution in [3.8, 4) is 33.4 Å². The van der Waals surface area contributed by atoms with Gasteiger partial charge in [0.05, 0.1) is 16.8 Å². The van der Waals surface area contributed by atoms with Gasteiger partial charge in [0.25, 0.3) is 0 Å². The Labute approximate surface area is 377 Å². The summed E-state index contributed by atoms with van der Waals surface area (Å²) in [5.74, 6) is 0. The van der Waals surface area contributed by atoms with E-state index in [0.717, 1.165) is 22.7 Å². The predicted octanol–water partition coefficient (Wildman–Crippen LogP) is 17.0. The van der Waals surface area contributed by atoms with Crippen molar-refractivity contribution in [1.29, 1.82) is 0 Å². The Morgan fingerprint density at radius 3 is 1.56 bits per heavy atom. The minimum atomic E-state index is -0.505. The Morgan fingerprint density at radius 2 is 0.844 bits per heavy atom. The Kier molecular flexibility index (Phi) is 8.34. The Morgan fingerprint density at radius 1 is 0.344 bits per heavy atom. The van der Waals surface area contributed by atoms with Gasteiger partial charge in [0.1, 0.15) is 0 Å². The van der Waals surface area contributed by atoms with Gasteiger partial charge in [-0.05, 0) is 134 Å². The molecule has 3 heteroatoms. The Bertz CT molecular complexity index is 3510. The largest absolute Gasteiger partial charge is 0.310 e. The van der Waals surface area contributed by atoms with Crippen LogP contribution < -0.4 is 9.80 Å². The van der Waals surface area contributed by atoms with Crippen LogP contribution in [0.5, 0.6) is 0 Å². The van der Waals surface area contributed by atoms with Crippen LogP contribution in [0.1, 0.15) is 22.3 Å². The highest BCUT2D eigenvalue weighted by Gasteiger charge is 2.52. The van der Waals surface area contributed by atoms with Gasteiger partial charge in [-0.2, -0.15) is 0 Å². The van der Waals surface area contributed by atoms with Gasteiger partial charge in [-0.25, -0.2) is 0 Å². The lowest BCUT2D eigenvalue weighted by Crippen LogP contribution is -2.36. The van der Waals surface area contributed by atoms with E-state index in [1.165, 1.54) is 87.2 Å². The molecule has 0 radical (unpaired) electrons. The van der Waals surface area contributed by atoms with Gasteiger partial charge in [-0.15, -0.1) is 11.3 Å². The zero-order valence-electron chi connectivity index (χ0n) is 34.9. The first-order valence-electron chi connectivity index (χ1n) is 22.0. The van der Waals surface area contributed by atoms with E-state index in [9.17, 15) is 0 Å². The van der Waals surface area contributed by atoms with Crippen molar-refractivity contribution in [2.75, 3.05) is 9.80 Å². The number of rotatable bonds is 6. The minimum Gasteiger partial charge on any atom is -0.310 e. The zero-order chi connectivity index (χ0) is 42.2. The average molecular weight is 833 g/mol. The molecule has 1 aliphatic carbocycles. The van der Waals surface area contributed by atoms with E-state index in [-0.39, 0.29) is 0 Å². The fourth-order valence-electron chi connectivity index (χ4n) is 10.8. The molecular formula is C61H40N2S. The van der Waals surface area contributed by atoms with Gasteiger partial charge in [-0.3, -0.25) is 0 Å². The molecule has 0 fully saturated rings. The maximum Gasteiger partial charge on any atom is 0.0754 e. The van der Waals surface area contributed by atoms with E-state index in [2.05, 4.69) is 252 Å². The topological polar surface area (TPSA) is 6.48 Å². The van der Waals surface area contributed by atoms with Crippen LogP contribution in [0.15, 0.2) is 243 Å². The molecule has 0 saturated carbocycles. The molecule has 2 heterocycles. The SMILES string of the molecule is c1ccc(-c2ccc(N(c3ccccc3)c3ccc4sc5ccc(-c6cccc7c6-c6ccccc6C76c7ccccc7N(c7ccccc7)c7ccccc76)cc5c4c3)cc2)cc1. The molecular weight excluding hydrogens is 793 g/mol. The van der Waals surface area contributed by atoms with E-state index in [1.54, 1.807) is 0 Å². The molecule has 2 nitrogen and oxygen atoms in total. The number of thiophene rings is 1. The van der Waals surface area contributed by atoms with Gasteiger partial charge in [0, 0.05) is 42.9 Å². The number of anilines is 6. The van der Waals surface area contributed by atoms with Crippen molar-refractivity contribution in [3.05, 3.63) is 265 Å². The summed E-state index contributed by atoms with van der Waals surface area (Å²) < 4.78 is 2.57. The van der Waals surface area contributed by atoms with Crippen molar-refractivity contribution in [2.24, 2.45) is 0 Å². The minimum absolute atomic E-state index is 0.505. The number of hydrogen-bond acceptors (Lipinski definition) is 3. The lowest BCUT2D eigenvalue weighted by molar-refractivity contribution is 0.753. The maximum atomic E-state index is 2.45. The van der Waals surface area contributed by atoms with Gasteiger partial charge < -0.3 is 9.80 Å². The van der Waals surface area contributed by atoms with Crippen LogP contribution >= 0.6 is 11.3 Å². The third-order valence-corrected chi connectivity index (χ3v) is 14.6. The summed E-state index contributed by atoms with van der Waals surface area (Å²) in [6.45, 7) is 0. The molecule has 11 aromatic rings. The second-order valence-electron chi connectivity index (χ2n) is 16.8. The summed E-state index contributed by atoms with van der Waals surface area (Å²) in [5.41, 5.74) is 19.2. The van der Waals surface area contributed by atoms with E-state index >= 15 is 0 Å². The highest BCUT2D eigenvalue weighted by molar-refractivity contribution is 7.25. The molecule has 10 aromatic carbocycles. The average Bonchev–Trinajstić information content (AvgIpc) is 3.88. The second-order valence-corrected chi connectivity index (χ2v) is 17.9. The van der Waals surface area contributed by atoms with Crippen molar-refractivity contribution in [1.82, 2.24) is 0 Å². The molecule has 300 valence electrons. The van der Waals surface area contributed by atoms with Gasteiger partial charge in [0.2, 0.25) is 0 Å². The van der Waals surface area contributed by atoms with E-state index in [0.29, 0.717) is 0 Å². The van der Waals surface area contributed by atoms with Crippen molar-refractivity contribution in [3.63, 3.8) is 0 Å². The van der Waals surface area contributed by atoms with Gasteiger partial charge in [0.15, 0.2) is 0 Å². The van der Waals surface area contributed by atoms with Crippen LogP contribution in [0.3, 0.4) is 0 Å². The van der Waals surface area contributed by atoms with E-state index in [1.807, 2.05) is 11.3 Å². The third-order valence-electron chi connectivity index (χ3n) is 13.5. The summed E-state index contributed by atoms with van der Waals surface area (Å²) in [5, 5.41) is 2.54. The Hall–Kier alpha value is -7.98. The van der Waals surface area contributed by atoms with Crippen LogP contribution in [-0.2, 0) is 5.41 Å². The molecule has 64 heavy (non-hydrogen) atoms. The maximum absolute atomic E-state index is 2.45. The molecule has 0 amide bonds. The highest BCUT2D eigenvalue weighted by atomic mass is 32.1. The summed E-state index contributed by atoms with van der Waals surface area (Å²) in [6, 6.07) is 89.4. The monoisotopic (exact) mass is 832 g/mol. The molecule has 2 aliphatic rings. The number of hydrogen-bond donors (Lipinski definition) is 0. The number of benzene rings is 10. The zero-order valence-corrected chi connectivity index (χ0v) is 35.7. The molecule has 0 saturated heterocycles. The molecule has 0 N–H and O–H groups in total.